The Morgan fingerprint density at radius 1 is 1.08 bits per heavy atom. The van der Waals surface area contributed by atoms with Gasteiger partial charge in [-0.15, -0.1) is 0 Å². The minimum atomic E-state index is -4.99. The van der Waals surface area contributed by atoms with Crippen molar-refractivity contribution >= 4 is 46.6 Å². The van der Waals surface area contributed by atoms with Gasteiger partial charge in [-0.2, -0.15) is 13.2 Å². The van der Waals surface area contributed by atoms with Crippen LogP contribution in [0.1, 0.15) is 24.3 Å². The number of nitrogens with zero attached hydrogens (tertiary/aromatic N) is 2. The lowest BCUT2D eigenvalue weighted by Crippen LogP contribution is -2.41. The average molecular weight is 593 g/mol. The molecule has 0 N–H and O–H groups in total. The van der Waals surface area contributed by atoms with Crippen LogP contribution in [-0.2, 0) is 9.53 Å². The molecule has 1 aliphatic heterocycles. The van der Waals surface area contributed by atoms with E-state index >= 15 is 0 Å². The van der Waals surface area contributed by atoms with E-state index in [4.69, 9.17) is 32.4 Å². The van der Waals surface area contributed by atoms with Crippen LogP contribution >= 0.6 is 34.5 Å². The van der Waals surface area contributed by atoms with Crippen LogP contribution in [-0.4, -0.2) is 23.3 Å². The second-order valence-electron chi connectivity index (χ2n) is 8.32. The summed E-state index contributed by atoms with van der Waals surface area (Å²) in [4.78, 5) is 30.0. The Hall–Kier alpha value is -3.60. The highest BCUT2D eigenvalue weighted by molar-refractivity contribution is 7.07. The highest BCUT2D eigenvalue weighted by Gasteiger charge is 2.45. The molecule has 0 saturated heterocycles. The van der Waals surface area contributed by atoms with Crippen LogP contribution in [0.15, 0.2) is 86.1 Å². The number of carbonyl (C=O) groups is 1. The van der Waals surface area contributed by atoms with Gasteiger partial charge in [0, 0.05) is 21.7 Å². The van der Waals surface area contributed by atoms with E-state index in [1.165, 1.54) is 37.3 Å². The molecule has 1 aliphatic rings. The maximum Gasteiger partial charge on any atom is 0.434 e. The molecule has 0 spiro atoms. The number of hydrogen-bond acceptors (Lipinski definition) is 6. The van der Waals surface area contributed by atoms with E-state index < -0.39 is 35.0 Å². The second-order valence-corrected chi connectivity index (χ2v) is 10.2. The van der Waals surface area contributed by atoms with Gasteiger partial charge in [0.2, 0.25) is 0 Å². The fraction of sp³-hybridized carbons (Fsp3) is 0.148. The van der Waals surface area contributed by atoms with Crippen LogP contribution in [0, 0.1) is 0 Å². The number of allylic oxidation sites excluding steroid dienone is 1. The van der Waals surface area contributed by atoms with Gasteiger partial charge in [0.15, 0.2) is 10.5 Å². The summed E-state index contributed by atoms with van der Waals surface area (Å²) in [6, 6.07) is 14.6. The molecule has 2 aromatic heterocycles. The topological polar surface area (TPSA) is 73.8 Å². The number of hydrogen-bond donors (Lipinski definition) is 0. The predicted molar refractivity (Wildman–Crippen MR) is 141 cm³/mol. The zero-order valence-corrected chi connectivity index (χ0v) is 22.3. The molecule has 0 bridgehead atoms. The standard InChI is InChI=1S/C27H17Cl2F3N2O4S/c1-2-37-25(36)21-22(15-5-9-17(29)10-6-15)34-24(35)20(39-26(34)33-23(21)27(30,31)32)13-18-11-12-19(38-18)14-3-7-16(28)8-4-14/h3-13,22H,2H2,1H3/b20-13-/t22-/m0/s1. The normalized spacial score (nSPS) is 15.7. The number of esters is 1. The van der Waals surface area contributed by atoms with Crippen molar-refractivity contribution in [3.05, 3.63) is 113 Å². The zero-order chi connectivity index (χ0) is 27.9. The molecule has 6 nitrogen and oxygen atoms in total. The third-order valence-electron chi connectivity index (χ3n) is 5.81. The summed E-state index contributed by atoms with van der Waals surface area (Å²) in [7, 11) is 0. The molecule has 1 atom stereocenters. The summed E-state index contributed by atoms with van der Waals surface area (Å²) in [6.07, 6.45) is -3.57. The van der Waals surface area contributed by atoms with E-state index in [2.05, 4.69) is 4.99 Å². The first-order valence-corrected chi connectivity index (χ1v) is 13.1. The molecule has 2 aromatic carbocycles. The number of halogens is 5. The molecule has 5 rings (SSSR count). The van der Waals surface area contributed by atoms with Gasteiger partial charge in [0.25, 0.3) is 5.56 Å². The summed E-state index contributed by atoms with van der Waals surface area (Å²) < 4.78 is 54.5. The molecule has 200 valence electrons. The number of alkyl halides is 3. The van der Waals surface area contributed by atoms with Crippen molar-refractivity contribution in [2.24, 2.45) is 4.99 Å². The monoisotopic (exact) mass is 592 g/mol. The number of aromatic nitrogens is 1. The van der Waals surface area contributed by atoms with Crippen LogP contribution in [0.5, 0.6) is 0 Å². The first kappa shape index (κ1) is 27.0. The van der Waals surface area contributed by atoms with Gasteiger partial charge in [-0.1, -0.05) is 46.7 Å². The van der Waals surface area contributed by atoms with Crippen LogP contribution in [0.25, 0.3) is 17.4 Å². The van der Waals surface area contributed by atoms with Crippen molar-refractivity contribution in [2.45, 2.75) is 19.1 Å². The minimum Gasteiger partial charge on any atom is -0.463 e. The number of carbonyl (C=O) groups excluding carboxylic acids is 1. The maximum atomic E-state index is 14.2. The molecular formula is C27H17Cl2F3N2O4S. The fourth-order valence-corrected chi connectivity index (χ4v) is 5.36. The van der Waals surface area contributed by atoms with Gasteiger partial charge in [0.05, 0.1) is 22.8 Å². The molecule has 0 unspecified atom stereocenters. The Labute approximate surface area is 232 Å². The number of ether oxygens (including phenoxy) is 1. The first-order valence-electron chi connectivity index (χ1n) is 11.5. The Balaban J connectivity index is 1.70. The number of furan rings is 1. The summed E-state index contributed by atoms with van der Waals surface area (Å²) in [5.41, 5.74) is -1.87. The molecule has 4 aromatic rings. The van der Waals surface area contributed by atoms with Crippen LogP contribution in [0.4, 0.5) is 13.2 Å². The number of thiazole rings is 1. The van der Waals surface area contributed by atoms with Gasteiger partial charge in [-0.25, -0.2) is 9.79 Å². The lowest BCUT2D eigenvalue weighted by molar-refractivity contribution is -0.140. The Morgan fingerprint density at radius 2 is 1.72 bits per heavy atom. The smallest absolute Gasteiger partial charge is 0.434 e. The van der Waals surface area contributed by atoms with Gasteiger partial charge in [0.1, 0.15) is 11.5 Å². The third kappa shape index (κ3) is 5.32. The van der Waals surface area contributed by atoms with Gasteiger partial charge < -0.3 is 9.15 Å². The van der Waals surface area contributed by atoms with E-state index in [9.17, 15) is 22.8 Å². The number of rotatable bonds is 5. The van der Waals surface area contributed by atoms with Crippen LogP contribution < -0.4 is 14.9 Å². The zero-order valence-electron chi connectivity index (χ0n) is 20.0. The molecule has 39 heavy (non-hydrogen) atoms. The highest BCUT2D eigenvalue weighted by atomic mass is 35.5. The molecule has 0 radical (unpaired) electrons. The second kappa shape index (κ2) is 10.5. The van der Waals surface area contributed by atoms with Gasteiger partial charge >= 0.3 is 12.1 Å². The van der Waals surface area contributed by atoms with E-state index in [-0.39, 0.29) is 21.5 Å². The molecule has 3 heterocycles. The van der Waals surface area contributed by atoms with Crippen molar-refractivity contribution in [1.82, 2.24) is 4.57 Å². The van der Waals surface area contributed by atoms with E-state index in [0.29, 0.717) is 21.6 Å². The molecule has 0 amide bonds. The largest absolute Gasteiger partial charge is 0.463 e. The van der Waals surface area contributed by atoms with Crippen molar-refractivity contribution < 1.29 is 27.1 Å². The molecular weight excluding hydrogens is 576 g/mol. The quantitative estimate of drug-likeness (QED) is 0.270. The van der Waals surface area contributed by atoms with Crippen molar-refractivity contribution in [3.63, 3.8) is 0 Å². The Morgan fingerprint density at radius 3 is 2.33 bits per heavy atom. The first-order chi connectivity index (χ1) is 18.6. The lowest BCUT2D eigenvalue weighted by atomic mass is 9.95. The molecule has 0 saturated carbocycles. The summed E-state index contributed by atoms with van der Waals surface area (Å²) >= 11 is 12.7. The predicted octanol–water partition coefficient (Wildman–Crippen LogP) is 5.91. The third-order valence-corrected chi connectivity index (χ3v) is 7.30. The number of fused-ring (bicyclic) bond motifs is 1. The van der Waals surface area contributed by atoms with E-state index in [1.54, 1.807) is 36.4 Å². The molecule has 0 aliphatic carbocycles. The SMILES string of the molecule is CCOC(=O)C1=C(C(F)(F)F)N=c2s/c(=C\c3ccc(-c4ccc(Cl)cc4)o3)c(=O)n2[C@H]1c1ccc(Cl)cc1. The van der Waals surface area contributed by atoms with Crippen molar-refractivity contribution in [1.29, 1.82) is 0 Å². The maximum absolute atomic E-state index is 14.2. The summed E-state index contributed by atoms with van der Waals surface area (Å²) in [5.74, 6) is -0.413. The van der Waals surface area contributed by atoms with Gasteiger partial charge in [-0.05, 0) is 61.0 Å². The minimum absolute atomic E-state index is 0.0661. The Bertz CT molecular complexity index is 1770. The Kier molecular flexibility index (Phi) is 7.28. The van der Waals surface area contributed by atoms with E-state index in [0.717, 1.165) is 21.5 Å². The van der Waals surface area contributed by atoms with Crippen molar-refractivity contribution in [3.8, 4) is 11.3 Å². The van der Waals surface area contributed by atoms with Gasteiger partial charge in [-0.3, -0.25) is 9.36 Å². The molecule has 0 fully saturated rings. The molecule has 12 heteroatoms. The summed E-state index contributed by atoms with van der Waals surface area (Å²) in [6.45, 7) is 1.31. The fourth-order valence-electron chi connectivity index (χ4n) is 4.13. The van der Waals surface area contributed by atoms with Crippen LogP contribution in [0.3, 0.4) is 0 Å². The number of benzene rings is 2. The highest BCUT2D eigenvalue weighted by Crippen LogP contribution is 2.38. The summed E-state index contributed by atoms with van der Waals surface area (Å²) in [5, 5.41) is 0.889. The van der Waals surface area contributed by atoms with E-state index in [1.807, 2.05) is 0 Å². The van der Waals surface area contributed by atoms with Crippen LogP contribution in [0.2, 0.25) is 10.0 Å². The lowest BCUT2D eigenvalue weighted by Gasteiger charge is -2.26. The van der Waals surface area contributed by atoms with Crippen molar-refractivity contribution in [2.75, 3.05) is 6.61 Å². The average Bonchev–Trinajstić information content (AvgIpc) is 3.48.